The molecule has 0 spiro atoms. The number of rotatable bonds is 5. The Morgan fingerprint density at radius 3 is 2.61 bits per heavy atom. The maximum absolute atomic E-state index is 12.2. The summed E-state index contributed by atoms with van der Waals surface area (Å²) in [4.78, 5) is 9.17. The molecule has 6 nitrogen and oxygen atoms in total. The largest absolute Gasteiger partial charge is 0.388 e. The lowest BCUT2D eigenvalue weighted by molar-refractivity contribution is -0.143. The minimum atomic E-state index is -1.20. The van der Waals surface area contributed by atoms with Gasteiger partial charge in [0.15, 0.2) is 0 Å². The molecule has 2 bridgehead atoms. The Labute approximate surface area is 200 Å². The van der Waals surface area contributed by atoms with E-state index >= 15 is 0 Å². The number of benzene rings is 1. The van der Waals surface area contributed by atoms with Crippen LogP contribution < -0.4 is 4.90 Å². The normalized spacial score (nSPS) is 33.3. The zero-order valence-corrected chi connectivity index (χ0v) is 19.6. The third kappa shape index (κ3) is 3.82. The van der Waals surface area contributed by atoms with Crippen LogP contribution in [0.4, 0.5) is 5.82 Å². The maximum atomic E-state index is 12.2. The standard InChI is InChI=1S/C26H30ClN3O3/c1-3-24-26(32,18-9-11-29(24)12-10-18)19-14-20(27)25(30-15-22(31)23(16-30)33-2)28-21(19)13-17-7-5-4-6-8-17/h1,4-8,14,18,22-24,31-32H,9-13,15-16H2,2H3/t22-,23-,24?,26-/m1/s1. The van der Waals surface area contributed by atoms with E-state index in [9.17, 15) is 10.2 Å². The number of aliphatic hydroxyl groups is 2. The van der Waals surface area contributed by atoms with Crippen molar-refractivity contribution in [3.05, 3.63) is 58.2 Å². The third-order valence-corrected chi connectivity index (χ3v) is 7.89. The fraction of sp³-hybridized carbons (Fsp3) is 0.500. The van der Waals surface area contributed by atoms with Crippen molar-refractivity contribution in [2.75, 3.05) is 38.2 Å². The molecule has 4 fully saturated rings. The molecular weight excluding hydrogens is 438 g/mol. The summed E-state index contributed by atoms with van der Waals surface area (Å²) in [6.45, 7) is 2.70. The monoisotopic (exact) mass is 467 g/mol. The molecule has 4 aliphatic rings. The van der Waals surface area contributed by atoms with Gasteiger partial charge in [-0.25, -0.2) is 4.98 Å². The minimum Gasteiger partial charge on any atom is -0.388 e. The van der Waals surface area contributed by atoms with Gasteiger partial charge in [-0.15, -0.1) is 6.42 Å². The fourth-order valence-electron chi connectivity index (χ4n) is 5.87. The average Bonchev–Trinajstić information content (AvgIpc) is 3.21. The van der Waals surface area contributed by atoms with Gasteiger partial charge in [0, 0.05) is 32.2 Å². The number of hydrogen-bond acceptors (Lipinski definition) is 6. The number of halogens is 1. The van der Waals surface area contributed by atoms with Gasteiger partial charge in [-0.05, 0) is 43.5 Å². The fourth-order valence-corrected chi connectivity index (χ4v) is 6.14. The minimum absolute atomic E-state index is 0.0632. The van der Waals surface area contributed by atoms with E-state index in [0.717, 1.165) is 42.8 Å². The van der Waals surface area contributed by atoms with Crippen LogP contribution in [0.25, 0.3) is 0 Å². The topological polar surface area (TPSA) is 69.1 Å². The molecule has 1 unspecified atom stereocenters. The Hall–Kier alpha value is -2.14. The molecule has 174 valence electrons. The number of nitrogens with zero attached hydrogens (tertiary/aromatic N) is 3. The van der Waals surface area contributed by atoms with Crippen molar-refractivity contribution in [3.8, 4) is 12.3 Å². The Bertz CT molecular complexity index is 1050. The number of anilines is 1. The molecule has 4 aliphatic heterocycles. The van der Waals surface area contributed by atoms with Gasteiger partial charge in [0.2, 0.25) is 0 Å². The molecule has 6 rings (SSSR count). The lowest BCUT2D eigenvalue weighted by Crippen LogP contribution is -2.63. The van der Waals surface area contributed by atoms with Crippen LogP contribution in [-0.2, 0) is 16.8 Å². The number of methoxy groups -OCH3 is 1. The number of hydrogen-bond donors (Lipinski definition) is 2. The molecular formula is C26H30ClN3O3. The van der Waals surface area contributed by atoms with E-state index in [0.29, 0.717) is 30.4 Å². The molecule has 1 aromatic heterocycles. The number of ether oxygens (including phenoxy) is 1. The van der Waals surface area contributed by atoms with E-state index in [1.54, 1.807) is 7.11 Å². The summed E-state index contributed by atoms with van der Waals surface area (Å²) in [6.07, 6.45) is 7.40. The maximum Gasteiger partial charge on any atom is 0.147 e. The van der Waals surface area contributed by atoms with Gasteiger partial charge in [0.1, 0.15) is 23.6 Å². The van der Waals surface area contributed by atoms with Crippen molar-refractivity contribution in [3.63, 3.8) is 0 Å². The number of β-amino-alcohol motifs (C(OH)–C–C–N with tert-alkyl or cyclic N) is 1. The van der Waals surface area contributed by atoms with Gasteiger partial charge < -0.3 is 19.8 Å². The zero-order valence-electron chi connectivity index (χ0n) is 18.8. The molecule has 2 N–H and O–H groups in total. The van der Waals surface area contributed by atoms with Crippen molar-refractivity contribution in [1.82, 2.24) is 9.88 Å². The van der Waals surface area contributed by atoms with Crippen LogP contribution >= 0.6 is 11.6 Å². The van der Waals surface area contributed by atoms with Gasteiger partial charge >= 0.3 is 0 Å². The second-order valence-corrected chi connectivity index (χ2v) is 9.81. The summed E-state index contributed by atoms with van der Waals surface area (Å²) >= 11 is 6.79. The zero-order chi connectivity index (χ0) is 23.2. The van der Waals surface area contributed by atoms with Crippen LogP contribution in [0.5, 0.6) is 0 Å². The highest BCUT2D eigenvalue weighted by molar-refractivity contribution is 6.33. The van der Waals surface area contributed by atoms with Crippen LogP contribution in [0.3, 0.4) is 0 Å². The first-order valence-electron chi connectivity index (χ1n) is 11.6. The molecule has 0 radical (unpaired) electrons. The summed E-state index contributed by atoms with van der Waals surface area (Å²) < 4.78 is 5.41. The molecule has 7 heteroatoms. The number of fused-ring (bicyclic) bond motifs is 3. The number of aliphatic hydroxyl groups excluding tert-OH is 1. The van der Waals surface area contributed by atoms with Crippen LogP contribution in [0.2, 0.25) is 5.02 Å². The molecule has 0 amide bonds. The Balaban J connectivity index is 1.62. The van der Waals surface area contributed by atoms with Gasteiger partial charge in [0.25, 0.3) is 0 Å². The Morgan fingerprint density at radius 2 is 1.97 bits per heavy atom. The van der Waals surface area contributed by atoms with E-state index in [1.165, 1.54) is 0 Å². The van der Waals surface area contributed by atoms with Crippen LogP contribution in [0, 0.1) is 18.3 Å². The SMILES string of the molecule is C#CC1N2CCC(CC2)[C@@]1(O)c1cc(Cl)c(N2C[C@@H](O)[C@H](OC)C2)nc1Cc1ccccc1. The van der Waals surface area contributed by atoms with E-state index in [4.69, 9.17) is 27.7 Å². The lowest BCUT2D eigenvalue weighted by atomic mass is 9.66. The number of piperidine rings is 3. The summed E-state index contributed by atoms with van der Waals surface area (Å²) in [7, 11) is 1.60. The summed E-state index contributed by atoms with van der Waals surface area (Å²) in [6, 6.07) is 11.5. The molecule has 4 saturated heterocycles. The summed E-state index contributed by atoms with van der Waals surface area (Å²) in [5.74, 6) is 3.54. The van der Waals surface area contributed by atoms with Gasteiger partial charge in [-0.2, -0.15) is 0 Å². The smallest absolute Gasteiger partial charge is 0.147 e. The first-order valence-corrected chi connectivity index (χ1v) is 12.0. The lowest BCUT2D eigenvalue weighted by Gasteiger charge is -2.54. The van der Waals surface area contributed by atoms with Crippen molar-refractivity contribution in [1.29, 1.82) is 0 Å². The van der Waals surface area contributed by atoms with Gasteiger partial charge in [-0.1, -0.05) is 47.9 Å². The van der Waals surface area contributed by atoms with Crippen molar-refractivity contribution in [2.24, 2.45) is 5.92 Å². The van der Waals surface area contributed by atoms with Crippen LogP contribution in [0.15, 0.2) is 36.4 Å². The summed E-state index contributed by atoms with van der Waals surface area (Å²) in [5.41, 5.74) is 1.38. The van der Waals surface area contributed by atoms with Crippen LogP contribution in [-0.4, -0.2) is 71.6 Å². The highest BCUT2D eigenvalue weighted by Gasteiger charge is 2.54. The highest BCUT2D eigenvalue weighted by Crippen LogP contribution is 2.49. The first kappa shape index (κ1) is 22.6. The number of pyridine rings is 1. The van der Waals surface area contributed by atoms with E-state index in [1.807, 2.05) is 29.2 Å². The highest BCUT2D eigenvalue weighted by atomic mass is 35.5. The second-order valence-electron chi connectivity index (χ2n) is 9.40. The molecule has 33 heavy (non-hydrogen) atoms. The first-order chi connectivity index (χ1) is 16.0. The number of aromatic nitrogens is 1. The Kier molecular flexibility index (Phi) is 6.11. The average molecular weight is 468 g/mol. The van der Waals surface area contributed by atoms with Gasteiger partial charge in [-0.3, -0.25) is 4.90 Å². The molecule has 1 aromatic carbocycles. The van der Waals surface area contributed by atoms with Crippen molar-refractivity contribution < 1.29 is 14.9 Å². The van der Waals surface area contributed by atoms with Gasteiger partial charge in [0.05, 0.1) is 16.8 Å². The van der Waals surface area contributed by atoms with Crippen LogP contribution in [0.1, 0.15) is 29.7 Å². The predicted molar refractivity (Wildman–Crippen MR) is 128 cm³/mol. The van der Waals surface area contributed by atoms with E-state index < -0.39 is 17.7 Å². The Morgan fingerprint density at radius 1 is 1.24 bits per heavy atom. The van der Waals surface area contributed by atoms with Crippen molar-refractivity contribution in [2.45, 2.75) is 43.1 Å². The molecule has 5 heterocycles. The number of terminal acetylenes is 1. The predicted octanol–water partition coefficient (Wildman–Crippen LogP) is 2.44. The summed E-state index contributed by atoms with van der Waals surface area (Å²) in [5, 5.41) is 23.0. The molecule has 0 aliphatic carbocycles. The molecule has 4 atom stereocenters. The molecule has 2 aromatic rings. The third-order valence-electron chi connectivity index (χ3n) is 7.61. The second kappa shape index (κ2) is 8.90. The van der Waals surface area contributed by atoms with E-state index in [-0.39, 0.29) is 12.0 Å². The quantitative estimate of drug-likeness (QED) is 0.658. The van der Waals surface area contributed by atoms with E-state index in [2.05, 4.69) is 23.0 Å². The molecule has 0 saturated carbocycles. The van der Waals surface area contributed by atoms with Crippen molar-refractivity contribution >= 4 is 17.4 Å².